The van der Waals surface area contributed by atoms with Crippen molar-refractivity contribution in [3.63, 3.8) is 0 Å². The van der Waals surface area contributed by atoms with Gasteiger partial charge in [-0.05, 0) is 19.6 Å². The second-order valence-electron chi connectivity index (χ2n) is 6.43. The van der Waals surface area contributed by atoms with Crippen LogP contribution in [0.2, 0.25) is 39.3 Å². The molecular formula is C11H23N3O2Si2. The van der Waals surface area contributed by atoms with E-state index in [1.807, 2.05) is 7.05 Å². The molecule has 0 unspecified atom stereocenters. The van der Waals surface area contributed by atoms with Gasteiger partial charge in [0.05, 0.1) is 6.33 Å². The van der Waals surface area contributed by atoms with E-state index in [1.54, 1.807) is 10.9 Å². The van der Waals surface area contributed by atoms with E-state index >= 15 is 0 Å². The van der Waals surface area contributed by atoms with Crippen LogP contribution in [0.25, 0.3) is 0 Å². The van der Waals surface area contributed by atoms with Gasteiger partial charge < -0.3 is 14.0 Å². The lowest BCUT2D eigenvalue weighted by Gasteiger charge is -2.21. The normalized spacial score (nSPS) is 12.4. The van der Waals surface area contributed by atoms with E-state index in [9.17, 15) is 4.79 Å². The molecule has 1 N–H and O–H groups in total. The molecule has 0 saturated carbocycles. The molecule has 0 bridgehead atoms. The lowest BCUT2D eigenvalue weighted by molar-refractivity contribution is 0.0968. The van der Waals surface area contributed by atoms with Crippen LogP contribution in [0.15, 0.2) is 6.33 Å². The van der Waals surface area contributed by atoms with E-state index in [0.29, 0.717) is 11.6 Å². The molecule has 102 valence electrons. The minimum absolute atomic E-state index is 0.0950. The van der Waals surface area contributed by atoms with Crippen LogP contribution in [-0.2, 0) is 7.05 Å². The van der Waals surface area contributed by atoms with Crippen molar-refractivity contribution >= 4 is 22.5 Å². The van der Waals surface area contributed by atoms with Crippen LogP contribution >= 0.6 is 0 Å². The van der Waals surface area contributed by atoms with Gasteiger partial charge in [-0.25, -0.2) is 4.98 Å². The Morgan fingerprint density at radius 2 is 1.83 bits per heavy atom. The van der Waals surface area contributed by atoms with Gasteiger partial charge in [-0.1, -0.05) is 19.6 Å². The van der Waals surface area contributed by atoms with Gasteiger partial charge in [-0.3, -0.25) is 4.79 Å². The van der Waals surface area contributed by atoms with Crippen LogP contribution in [0.3, 0.4) is 0 Å². The third-order valence-electron chi connectivity index (χ3n) is 2.01. The van der Waals surface area contributed by atoms with Crippen molar-refractivity contribution in [1.29, 1.82) is 0 Å². The molecule has 1 heterocycles. The second-order valence-corrected chi connectivity index (χ2v) is 15.6. The van der Waals surface area contributed by atoms with Gasteiger partial charge in [0, 0.05) is 7.05 Å². The zero-order valence-corrected chi connectivity index (χ0v) is 14.3. The zero-order valence-electron chi connectivity index (χ0n) is 12.3. The van der Waals surface area contributed by atoms with Crippen molar-refractivity contribution in [1.82, 2.24) is 14.5 Å². The summed E-state index contributed by atoms with van der Waals surface area (Å²) >= 11 is 0. The molecule has 0 atom stereocenters. The lowest BCUT2D eigenvalue weighted by atomic mass is 10.4. The van der Waals surface area contributed by atoms with Gasteiger partial charge in [-0.15, -0.1) is 0 Å². The highest BCUT2D eigenvalue weighted by Gasteiger charge is 2.27. The summed E-state index contributed by atoms with van der Waals surface area (Å²) in [5.74, 6) is 0.356. The molecule has 7 heteroatoms. The largest absolute Gasteiger partial charge is 0.530 e. The Morgan fingerprint density at radius 1 is 1.28 bits per heavy atom. The quantitative estimate of drug-likeness (QED) is 0.863. The summed E-state index contributed by atoms with van der Waals surface area (Å²) in [6.07, 6.45) is 1.62. The fourth-order valence-corrected chi connectivity index (χ4v) is 2.96. The smallest absolute Gasteiger partial charge is 0.265 e. The van der Waals surface area contributed by atoms with Crippen molar-refractivity contribution in [2.24, 2.45) is 7.05 Å². The summed E-state index contributed by atoms with van der Waals surface area (Å²) in [5.41, 5.74) is 0.514. The predicted octanol–water partition coefficient (Wildman–Crippen LogP) is 2.20. The Balaban J connectivity index is 3.01. The first kappa shape index (κ1) is 15.0. The molecule has 0 aromatic carbocycles. The molecular weight excluding hydrogens is 262 g/mol. The second kappa shape index (κ2) is 4.89. The van der Waals surface area contributed by atoms with Crippen LogP contribution in [-0.4, -0.2) is 32.0 Å². The Kier molecular flexibility index (Phi) is 4.06. The lowest BCUT2D eigenvalue weighted by Crippen LogP contribution is -2.46. The highest BCUT2D eigenvalue weighted by Crippen LogP contribution is 2.19. The first-order valence-corrected chi connectivity index (χ1v) is 12.9. The van der Waals surface area contributed by atoms with Crippen molar-refractivity contribution in [2.45, 2.75) is 39.3 Å². The molecule has 1 aromatic heterocycles. The number of hydrogen-bond acceptors (Lipinski definition) is 3. The molecule has 0 saturated heterocycles. The van der Waals surface area contributed by atoms with Crippen molar-refractivity contribution < 1.29 is 9.22 Å². The first-order valence-electron chi connectivity index (χ1n) is 6.02. The van der Waals surface area contributed by atoms with Crippen molar-refractivity contribution in [2.75, 3.05) is 0 Å². The Labute approximate surface area is 111 Å². The molecule has 1 rings (SSSR count). The van der Waals surface area contributed by atoms with Crippen LogP contribution in [0.1, 0.15) is 10.5 Å². The van der Waals surface area contributed by atoms with Gasteiger partial charge in [0.15, 0.2) is 5.69 Å². The predicted molar refractivity (Wildman–Crippen MR) is 78.0 cm³/mol. The fourth-order valence-electron chi connectivity index (χ4n) is 1.43. The SMILES string of the molecule is Cn1cnc(O[Si](C)(C)C)c1C(=O)N[Si](C)(C)C. The number of nitrogens with zero attached hydrogens (tertiary/aromatic N) is 2. The number of carbonyl (C=O) groups excluding carboxylic acids is 1. The molecule has 0 aliphatic heterocycles. The van der Waals surface area contributed by atoms with E-state index in [-0.39, 0.29) is 5.91 Å². The molecule has 18 heavy (non-hydrogen) atoms. The van der Waals surface area contributed by atoms with Gasteiger partial charge >= 0.3 is 0 Å². The average Bonchev–Trinajstić information content (AvgIpc) is 2.40. The molecule has 0 aliphatic rings. The molecule has 1 amide bonds. The third kappa shape index (κ3) is 4.30. The topological polar surface area (TPSA) is 56.2 Å². The minimum Gasteiger partial charge on any atom is -0.530 e. The number of nitrogens with one attached hydrogen (secondary N) is 1. The first-order chi connectivity index (χ1) is 7.99. The molecule has 0 radical (unpaired) electrons. The van der Waals surface area contributed by atoms with Crippen LogP contribution in [0.4, 0.5) is 0 Å². The standard InChI is InChI=1S/C11H23N3O2Si2/c1-14-8-12-11(16-18(5,6)7)9(14)10(15)13-17(2,3)4/h8H,1-7H3,(H,13,15). The summed E-state index contributed by atoms with van der Waals surface area (Å²) in [5, 5.41) is 0. The monoisotopic (exact) mass is 285 g/mol. The number of amides is 1. The minimum atomic E-state index is -1.77. The van der Waals surface area contributed by atoms with Crippen LogP contribution in [0, 0.1) is 0 Å². The van der Waals surface area contributed by atoms with E-state index in [1.165, 1.54) is 0 Å². The average molecular weight is 285 g/mol. The summed E-state index contributed by atoms with van der Waals surface area (Å²) in [4.78, 5) is 19.5. The summed E-state index contributed by atoms with van der Waals surface area (Å²) in [6, 6.07) is 0. The number of hydrogen-bond donors (Lipinski definition) is 1. The van der Waals surface area contributed by atoms with E-state index in [2.05, 4.69) is 49.2 Å². The molecule has 1 aromatic rings. The Morgan fingerprint density at radius 3 is 2.28 bits per heavy atom. The molecule has 0 spiro atoms. The maximum atomic E-state index is 12.2. The van der Waals surface area contributed by atoms with E-state index in [4.69, 9.17) is 4.43 Å². The number of aromatic nitrogens is 2. The molecule has 5 nitrogen and oxygen atoms in total. The van der Waals surface area contributed by atoms with Crippen LogP contribution < -0.4 is 9.41 Å². The number of rotatable bonds is 4. The van der Waals surface area contributed by atoms with Crippen molar-refractivity contribution in [3.05, 3.63) is 12.0 Å². The van der Waals surface area contributed by atoms with E-state index < -0.39 is 16.6 Å². The van der Waals surface area contributed by atoms with Crippen molar-refractivity contribution in [3.8, 4) is 5.88 Å². The highest BCUT2D eigenvalue weighted by molar-refractivity contribution is 6.76. The number of aryl methyl sites for hydroxylation is 1. The zero-order chi connectivity index (χ0) is 14.1. The molecule has 0 aliphatic carbocycles. The third-order valence-corrected chi connectivity index (χ3v) is 3.79. The maximum absolute atomic E-state index is 12.2. The maximum Gasteiger partial charge on any atom is 0.265 e. The van der Waals surface area contributed by atoms with Gasteiger partial charge in [0.25, 0.3) is 5.91 Å². The number of carbonyl (C=O) groups is 1. The fraction of sp³-hybridized carbons (Fsp3) is 0.636. The van der Waals surface area contributed by atoms with Crippen LogP contribution in [0.5, 0.6) is 5.88 Å². The van der Waals surface area contributed by atoms with Gasteiger partial charge in [0.2, 0.25) is 14.2 Å². The summed E-state index contributed by atoms with van der Waals surface area (Å²) in [7, 11) is -1.62. The Bertz CT molecular complexity index is 444. The Hall–Kier alpha value is -1.09. The van der Waals surface area contributed by atoms with Gasteiger partial charge in [-0.2, -0.15) is 0 Å². The molecule has 0 fully saturated rings. The summed E-state index contributed by atoms with van der Waals surface area (Å²) < 4.78 is 7.56. The van der Waals surface area contributed by atoms with Gasteiger partial charge in [0.1, 0.15) is 8.24 Å². The summed E-state index contributed by atoms with van der Waals surface area (Å²) in [6.45, 7) is 12.5. The van der Waals surface area contributed by atoms with E-state index in [0.717, 1.165) is 0 Å². The highest BCUT2D eigenvalue weighted by atomic mass is 28.4. The number of imidazole rings is 1.